The van der Waals surface area contributed by atoms with Gasteiger partial charge in [0.2, 0.25) is 0 Å². The molecule has 0 saturated carbocycles. The first-order valence-corrected chi connectivity index (χ1v) is 12.1. The summed E-state index contributed by atoms with van der Waals surface area (Å²) in [6, 6.07) is 16.7. The molecule has 2 N–H and O–H groups in total. The predicted octanol–water partition coefficient (Wildman–Crippen LogP) is 7.97. The molecule has 34 heavy (non-hydrogen) atoms. The van der Waals surface area contributed by atoms with Crippen LogP contribution >= 0.6 is 46.4 Å². The number of carbonyl (C=O) groups excluding carboxylic acids is 2. The molecule has 0 saturated heterocycles. The quantitative estimate of drug-likeness (QED) is 0.300. The van der Waals surface area contributed by atoms with Crippen molar-refractivity contribution in [3.05, 3.63) is 70.8 Å². The molecule has 0 fully saturated rings. The van der Waals surface area contributed by atoms with Gasteiger partial charge in [-0.3, -0.25) is 0 Å². The van der Waals surface area contributed by atoms with Crippen LogP contribution in [0.25, 0.3) is 0 Å². The molecule has 0 radical (unpaired) electrons. The highest BCUT2D eigenvalue weighted by Crippen LogP contribution is 2.28. The Morgan fingerprint density at radius 1 is 0.706 bits per heavy atom. The third-order valence-corrected chi connectivity index (χ3v) is 5.05. The van der Waals surface area contributed by atoms with E-state index in [-0.39, 0.29) is 16.9 Å². The van der Waals surface area contributed by atoms with Gasteiger partial charge in [-0.05, 0) is 67.9 Å². The second-order valence-corrected chi connectivity index (χ2v) is 12.2. The molecule has 0 aromatic heterocycles. The number of carbonyl (C=O) groups is 2. The molecule has 2 aromatic rings. The first-order valence-electron chi connectivity index (χ1n) is 10.6. The highest BCUT2D eigenvalue weighted by Gasteiger charge is 2.23. The summed E-state index contributed by atoms with van der Waals surface area (Å²) in [5.41, 5.74) is 3.93. The Hall–Kier alpha value is -1.66. The summed E-state index contributed by atoms with van der Waals surface area (Å²) in [5, 5.41) is 5.83. The molecule has 0 heterocycles. The van der Waals surface area contributed by atoms with Crippen LogP contribution in [0.4, 0.5) is 9.59 Å². The van der Waals surface area contributed by atoms with Crippen LogP contribution in [-0.4, -0.2) is 15.4 Å². The number of urea groups is 1. The topological polar surface area (TPSA) is 67.4 Å². The van der Waals surface area contributed by atoms with Gasteiger partial charge in [0.15, 0.2) is 0 Å². The lowest BCUT2D eigenvalue weighted by Gasteiger charge is -2.19. The summed E-state index contributed by atoms with van der Waals surface area (Å²) in [7, 11) is 0. The molecule has 0 bridgehead atoms. The molecule has 188 valence electrons. The minimum atomic E-state index is -2.04. The van der Waals surface area contributed by atoms with Crippen LogP contribution in [0.1, 0.15) is 63.8 Å². The van der Waals surface area contributed by atoms with Crippen molar-refractivity contribution in [2.75, 3.05) is 0 Å². The molecule has 0 atom stereocenters. The maximum atomic E-state index is 12.0. The summed E-state index contributed by atoms with van der Waals surface area (Å²) in [6.45, 7) is 14.2. The van der Waals surface area contributed by atoms with E-state index in [0.29, 0.717) is 13.1 Å². The van der Waals surface area contributed by atoms with Gasteiger partial charge in [0.05, 0.1) is 0 Å². The molecule has 0 aliphatic carbocycles. The standard InChI is InChI=1S/C23H32N2O.C2Cl4O2/c1-22(2,3)19-11-7-17(8-12-19)15-24-21(26)25-16-18-9-13-20(14-10-18)23(4,5)6;3-1(7)8-2(4,5)6/h7-14H,15-16H2,1-6H3,(H2,24,25,26);. The average Bonchev–Trinajstić information content (AvgIpc) is 2.68. The lowest BCUT2D eigenvalue weighted by molar-refractivity contribution is 0.172. The van der Waals surface area contributed by atoms with Crippen molar-refractivity contribution in [2.45, 2.75) is 69.4 Å². The van der Waals surface area contributed by atoms with E-state index in [2.05, 4.69) is 117 Å². The summed E-state index contributed by atoms with van der Waals surface area (Å²) in [5.74, 6) is 0. The number of amides is 2. The van der Waals surface area contributed by atoms with Crippen molar-refractivity contribution in [3.63, 3.8) is 0 Å². The molecule has 2 rings (SSSR count). The van der Waals surface area contributed by atoms with E-state index in [4.69, 9.17) is 34.8 Å². The van der Waals surface area contributed by atoms with Crippen molar-refractivity contribution >= 4 is 57.9 Å². The van der Waals surface area contributed by atoms with Crippen LogP contribution in [0.15, 0.2) is 48.5 Å². The molecule has 0 aliphatic heterocycles. The zero-order valence-corrected chi connectivity index (χ0v) is 23.3. The number of nitrogens with one attached hydrogen (secondary N) is 2. The van der Waals surface area contributed by atoms with Crippen molar-refractivity contribution in [1.82, 2.24) is 10.6 Å². The Labute approximate surface area is 222 Å². The van der Waals surface area contributed by atoms with E-state index < -0.39 is 9.41 Å². The lowest BCUT2D eigenvalue weighted by Crippen LogP contribution is -2.34. The third-order valence-electron chi connectivity index (χ3n) is 4.74. The largest absolute Gasteiger partial charge is 0.407 e. The first-order chi connectivity index (χ1) is 15.5. The number of hydrogen-bond donors (Lipinski definition) is 2. The monoisotopic (exact) mass is 548 g/mol. The van der Waals surface area contributed by atoms with Crippen LogP contribution in [-0.2, 0) is 28.7 Å². The van der Waals surface area contributed by atoms with Crippen molar-refractivity contribution < 1.29 is 14.3 Å². The fraction of sp³-hybridized carbons (Fsp3) is 0.440. The second kappa shape index (κ2) is 12.9. The Kier molecular flexibility index (Phi) is 11.5. The lowest BCUT2D eigenvalue weighted by atomic mass is 9.87. The van der Waals surface area contributed by atoms with Gasteiger partial charge in [0.1, 0.15) is 0 Å². The summed E-state index contributed by atoms with van der Waals surface area (Å²) >= 11 is 19.4. The highest BCUT2D eigenvalue weighted by atomic mass is 35.6. The van der Waals surface area contributed by atoms with Crippen molar-refractivity contribution in [3.8, 4) is 0 Å². The number of rotatable bonds is 4. The Balaban J connectivity index is 0.000000620. The second-order valence-electron chi connectivity index (χ2n) is 9.72. The predicted molar refractivity (Wildman–Crippen MR) is 142 cm³/mol. The molecule has 0 aliphatic rings. The molecule has 5 nitrogen and oxygen atoms in total. The summed E-state index contributed by atoms with van der Waals surface area (Å²) < 4.78 is 1.82. The molecule has 9 heteroatoms. The van der Waals surface area contributed by atoms with Gasteiger partial charge >= 0.3 is 15.4 Å². The van der Waals surface area contributed by atoms with E-state index >= 15 is 0 Å². The molecular formula is C25H32Cl4N2O3. The van der Waals surface area contributed by atoms with Crippen LogP contribution in [0.5, 0.6) is 0 Å². The SMILES string of the molecule is CC(C)(C)c1ccc(CNC(=O)NCc2ccc(C(C)(C)C)cc2)cc1.O=C(Cl)OC(Cl)(Cl)Cl. The average molecular weight is 550 g/mol. The van der Waals surface area contributed by atoms with Gasteiger partial charge in [0.25, 0.3) is 0 Å². The number of alkyl halides is 3. The number of ether oxygens (including phenoxy) is 1. The smallest absolute Gasteiger partial charge is 0.402 e. The van der Waals surface area contributed by atoms with Gasteiger partial charge in [0, 0.05) is 24.7 Å². The molecule has 2 aromatic carbocycles. The molecule has 0 unspecified atom stereocenters. The first kappa shape index (κ1) is 30.4. The zero-order valence-electron chi connectivity index (χ0n) is 20.3. The van der Waals surface area contributed by atoms with E-state index in [0.717, 1.165) is 11.1 Å². The van der Waals surface area contributed by atoms with Gasteiger partial charge in [-0.2, -0.15) is 0 Å². The van der Waals surface area contributed by atoms with Crippen LogP contribution < -0.4 is 10.6 Å². The van der Waals surface area contributed by atoms with E-state index in [1.165, 1.54) is 11.1 Å². The summed E-state index contributed by atoms with van der Waals surface area (Å²) in [4.78, 5) is 21.8. The molecular weight excluding hydrogens is 518 g/mol. The Bertz CT molecular complexity index is 864. The number of benzene rings is 2. The van der Waals surface area contributed by atoms with Gasteiger partial charge in [-0.25, -0.2) is 9.59 Å². The van der Waals surface area contributed by atoms with Gasteiger partial charge < -0.3 is 15.4 Å². The van der Waals surface area contributed by atoms with Crippen LogP contribution in [0.2, 0.25) is 0 Å². The fourth-order valence-corrected chi connectivity index (χ4v) is 3.21. The fourth-order valence-electron chi connectivity index (χ4n) is 2.76. The van der Waals surface area contributed by atoms with Gasteiger partial charge in [-0.1, -0.05) is 90.1 Å². The third kappa shape index (κ3) is 12.7. The number of hydrogen-bond acceptors (Lipinski definition) is 3. The minimum Gasteiger partial charge on any atom is -0.402 e. The molecule has 0 spiro atoms. The van der Waals surface area contributed by atoms with Crippen molar-refractivity contribution in [1.29, 1.82) is 0 Å². The Morgan fingerprint density at radius 2 is 1.03 bits per heavy atom. The normalized spacial score (nSPS) is 11.7. The Morgan fingerprint density at radius 3 is 1.24 bits per heavy atom. The van der Waals surface area contributed by atoms with E-state index in [1.54, 1.807) is 0 Å². The van der Waals surface area contributed by atoms with Crippen LogP contribution in [0, 0.1) is 0 Å². The zero-order chi connectivity index (χ0) is 26.2. The van der Waals surface area contributed by atoms with Crippen molar-refractivity contribution in [2.24, 2.45) is 0 Å². The maximum absolute atomic E-state index is 12.0. The van der Waals surface area contributed by atoms with E-state index in [9.17, 15) is 9.59 Å². The van der Waals surface area contributed by atoms with E-state index in [1.807, 2.05) is 0 Å². The van der Waals surface area contributed by atoms with Crippen LogP contribution in [0.3, 0.4) is 0 Å². The maximum Gasteiger partial charge on any atom is 0.407 e. The minimum absolute atomic E-state index is 0.145. The highest BCUT2D eigenvalue weighted by molar-refractivity contribution is 6.69. The van der Waals surface area contributed by atoms with Gasteiger partial charge in [-0.15, -0.1) is 0 Å². The molecule has 2 amide bonds. The summed E-state index contributed by atoms with van der Waals surface area (Å²) in [6.07, 6.45) is 0. The number of halogens is 4.